The van der Waals surface area contributed by atoms with E-state index in [1.165, 1.54) is 6.20 Å². The Labute approximate surface area is 227 Å². The van der Waals surface area contributed by atoms with Crippen molar-refractivity contribution >= 4 is 16.9 Å². The van der Waals surface area contributed by atoms with E-state index in [1.807, 2.05) is 30.5 Å². The van der Waals surface area contributed by atoms with Crippen LogP contribution in [0.2, 0.25) is 0 Å². The summed E-state index contributed by atoms with van der Waals surface area (Å²) < 4.78 is 17.7. The first kappa shape index (κ1) is 29.2. The molecule has 2 heterocycles. The maximum atomic E-state index is 12.8. The topological polar surface area (TPSA) is 170 Å². The second-order valence-corrected chi connectivity index (χ2v) is 10.1. The average Bonchev–Trinajstić information content (AvgIpc) is 3.57. The monoisotopic (exact) mass is 545 g/mol. The number of imidazole rings is 1. The van der Waals surface area contributed by atoms with Gasteiger partial charge in [-0.3, -0.25) is 0 Å². The van der Waals surface area contributed by atoms with Crippen molar-refractivity contribution in [3.63, 3.8) is 0 Å². The number of carbonyl (C=O) groups is 1. The molecule has 1 aliphatic rings. The van der Waals surface area contributed by atoms with Crippen molar-refractivity contribution in [1.29, 1.82) is 0 Å². The number of carbonyl (C=O) groups excluding carboxylic acids is 1. The van der Waals surface area contributed by atoms with Crippen LogP contribution in [-0.2, 0) is 14.2 Å². The number of aliphatic hydroxyl groups is 4. The fourth-order valence-corrected chi connectivity index (χ4v) is 5.06. The van der Waals surface area contributed by atoms with Gasteiger partial charge in [-0.2, -0.15) is 0 Å². The smallest absolute Gasteiger partial charge is 0.374 e. The highest BCUT2D eigenvalue weighted by atomic mass is 16.6. The quantitative estimate of drug-likeness (QED) is 0.139. The number of ether oxygens (including phenoxy) is 3. The van der Waals surface area contributed by atoms with E-state index >= 15 is 0 Å². The number of para-hydroxylation sites is 1. The van der Waals surface area contributed by atoms with E-state index < -0.39 is 48.7 Å². The molecule has 214 valence electrons. The minimum Gasteiger partial charge on any atom is -0.451 e. The van der Waals surface area contributed by atoms with Crippen molar-refractivity contribution in [2.75, 3.05) is 13.2 Å². The van der Waals surface area contributed by atoms with Gasteiger partial charge in [0, 0.05) is 47.8 Å². The van der Waals surface area contributed by atoms with Crippen molar-refractivity contribution in [2.45, 2.75) is 88.7 Å². The number of unbranched alkanes of at least 4 members (excludes halogenated alkanes) is 4. The molecule has 39 heavy (non-hydrogen) atoms. The van der Waals surface area contributed by atoms with Crippen LogP contribution in [0.5, 0.6) is 0 Å². The lowest BCUT2D eigenvalue weighted by Crippen LogP contribution is -2.66. The number of H-pyrrole nitrogens is 2. The summed E-state index contributed by atoms with van der Waals surface area (Å²) in [5, 5.41) is 43.1. The minimum atomic E-state index is -1.58. The molecule has 11 nitrogen and oxygen atoms in total. The molecule has 6 N–H and O–H groups in total. The van der Waals surface area contributed by atoms with Gasteiger partial charge in [0.05, 0.1) is 6.10 Å². The fourth-order valence-electron chi connectivity index (χ4n) is 5.06. The number of hydrogen-bond acceptors (Lipinski definition) is 9. The van der Waals surface area contributed by atoms with E-state index in [2.05, 4.69) is 15.0 Å². The largest absolute Gasteiger partial charge is 0.451 e. The first-order valence-corrected chi connectivity index (χ1v) is 13.5. The van der Waals surface area contributed by atoms with Gasteiger partial charge in [-0.25, -0.2) is 9.78 Å². The number of esters is 1. The van der Waals surface area contributed by atoms with Gasteiger partial charge >= 0.3 is 5.97 Å². The number of aliphatic hydroxyl groups excluding tert-OH is 4. The summed E-state index contributed by atoms with van der Waals surface area (Å²) in [5.41, 5.74) is 2.39. The highest BCUT2D eigenvalue weighted by Gasteiger charge is 2.53. The number of benzene rings is 1. The van der Waals surface area contributed by atoms with Crippen LogP contribution in [0.15, 0.2) is 36.7 Å². The summed E-state index contributed by atoms with van der Waals surface area (Å²) in [6.45, 7) is 3.96. The summed E-state index contributed by atoms with van der Waals surface area (Å²) in [7, 11) is 0. The molecule has 7 atom stereocenters. The molecule has 3 aromatic rings. The van der Waals surface area contributed by atoms with E-state index in [9.17, 15) is 20.1 Å². The molecule has 0 radical (unpaired) electrons. The van der Waals surface area contributed by atoms with Crippen LogP contribution in [0.3, 0.4) is 0 Å². The van der Waals surface area contributed by atoms with Crippen LogP contribution >= 0.6 is 0 Å². The normalized spacial score (nSPS) is 26.1. The number of hydrogen-bond donors (Lipinski definition) is 6. The Morgan fingerprint density at radius 2 is 1.72 bits per heavy atom. The zero-order valence-electron chi connectivity index (χ0n) is 22.3. The van der Waals surface area contributed by atoms with Crippen molar-refractivity contribution in [3.05, 3.63) is 53.7 Å². The molecule has 11 heteroatoms. The van der Waals surface area contributed by atoms with Crippen molar-refractivity contribution in [3.8, 4) is 0 Å². The van der Waals surface area contributed by atoms with Gasteiger partial charge in [-0.05, 0) is 32.8 Å². The Kier molecular flexibility index (Phi) is 10.1. The molecular weight excluding hydrogens is 506 g/mol. The van der Waals surface area contributed by atoms with E-state index in [1.54, 1.807) is 13.8 Å². The molecule has 1 fully saturated rings. The molecular formula is C28H39N3O8. The van der Waals surface area contributed by atoms with Gasteiger partial charge in [-0.15, -0.1) is 0 Å². The average molecular weight is 546 g/mol. The third-order valence-corrected chi connectivity index (χ3v) is 7.19. The molecule has 1 aliphatic carbocycles. The van der Waals surface area contributed by atoms with Crippen LogP contribution in [0.4, 0.5) is 0 Å². The maximum absolute atomic E-state index is 12.8. The van der Waals surface area contributed by atoms with E-state index in [0.717, 1.165) is 42.1 Å². The van der Waals surface area contributed by atoms with Crippen LogP contribution < -0.4 is 0 Å². The molecule has 0 amide bonds. The summed E-state index contributed by atoms with van der Waals surface area (Å²) in [6.07, 6.45) is -1.40. The van der Waals surface area contributed by atoms with Crippen LogP contribution in [0.1, 0.15) is 67.0 Å². The highest BCUT2D eigenvalue weighted by molar-refractivity contribution is 5.85. The summed E-state index contributed by atoms with van der Waals surface area (Å²) in [4.78, 5) is 22.8. The zero-order chi connectivity index (χ0) is 27.9. The Morgan fingerprint density at radius 1 is 1.00 bits per heavy atom. The molecule has 4 rings (SSSR count). The molecule has 0 spiro atoms. The maximum Gasteiger partial charge on any atom is 0.374 e. The lowest BCUT2D eigenvalue weighted by Gasteiger charge is -2.45. The first-order chi connectivity index (χ1) is 18.8. The Morgan fingerprint density at radius 3 is 2.46 bits per heavy atom. The number of rotatable bonds is 13. The summed E-state index contributed by atoms with van der Waals surface area (Å²) in [6, 6.07) is 7.70. The van der Waals surface area contributed by atoms with E-state index in [4.69, 9.17) is 19.3 Å². The van der Waals surface area contributed by atoms with Gasteiger partial charge in [0.15, 0.2) is 6.10 Å². The molecule has 1 saturated carbocycles. The van der Waals surface area contributed by atoms with Crippen LogP contribution in [0, 0.1) is 6.92 Å². The van der Waals surface area contributed by atoms with Crippen molar-refractivity contribution in [2.24, 2.45) is 0 Å². The van der Waals surface area contributed by atoms with Crippen LogP contribution in [-0.4, -0.2) is 91.2 Å². The highest BCUT2D eigenvalue weighted by Crippen LogP contribution is 2.34. The number of fused-ring (bicyclic) bond motifs is 1. The molecule has 7 unspecified atom stereocenters. The van der Waals surface area contributed by atoms with Crippen molar-refractivity contribution in [1.82, 2.24) is 15.0 Å². The zero-order valence-corrected chi connectivity index (χ0v) is 22.3. The van der Waals surface area contributed by atoms with Gasteiger partial charge in [0.1, 0.15) is 30.5 Å². The van der Waals surface area contributed by atoms with Crippen LogP contribution in [0.25, 0.3) is 10.9 Å². The summed E-state index contributed by atoms with van der Waals surface area (Å²) in [5.74, 6) is -0.908. The first-order valence-electron chi connectivity index (χ1n) is 13.5. The molecule has 0 bridgehead atoms. The Bertz CT molecular complexity index is 1200. The molecule has 0 saturated heterocycles. The standard InChI is InChI=1S/C28H39N3O8/c1-16-14-30-27(31-16)28(36)39-25-22(34)21(33)24(37-13-9-5-3-4-8-12-32)23(35)26(25)38-17(2)19-15-29-20-11-7-6-10-18(19)20/h6-7,10-11,14-15,17,21-26,29,32-35H,3-5,8-9,12-13H2,1-2H3,(H,30,31). The molecule has 0 aliphatic heterocycles. The van der Waals surface area contributed by atoms with Crippen molar-refractivity contribution < 1.29 is 39.4 Å². The number of aromatic amines is 2. The molecule has 1 aromatic carbocycles. The third-order valence-electron chi connectivity index (χ3n) is 7.19. The lowest BCUT2D eigenvalue weighted by atomic mass is 9.84. The Balaban J connectivity index is 1.51. The summed E-state index contributed by atoms with van der Waals surface area (Å²) >= 11 is 0. The number of nitrogens with one attached hydrogen (secondary N) is 2. The fraction of sp³-hybridized carbons (Fsp3) is 0.571. The number of aromatic nitrogens is 3. The predicted octanol–water partition coefficient (Wildman–Crippen LogP) is 2.30. The van der Waals surface area contributed by atoms with E-state index in [-0.39, 0.29) is 19.0 Å². The Hall–Kier alpha value is -2.80. The number of nitrogens with zero attached hydrogens (tertiary/aromatic N) is 1. The molecule has 2 aromatic heterocycles. The number of aryl methyl sites for hydroxylation is 1. The second-order valence-electron chi connectivity index (χ2n) is 10.1. The second kappa shape index (κ2) is 13.5. The van der Waals surface area contributed by atoms with Gasteiger partial charge in [0.25, 0.3) is 0 Å². The lowest BCUT2D eigenvalue weighted by molar-refractivity contribution is -0.253. The van der Waals surface area contributed by atoms with Gasteiger partial charge < -0.3 is 44.6 Å². The van der Waals surface area contributed by atoms with Gasteiger partial charge in [0.2, 0.25) is 5.82 Å². The van der Waals surface area contributed by atoms with E-state index in [0.29, 0.717) is 12.1 Å². The minimum absolute atomic E-state index is 0.0633. The van der Waals surface area contributed by atoms with Gasteiger partial charge in [-0.1, -0.05) is 37.5 Å². The predicted molar refractivity (Wildman–Crippen MR) is 142 cm³/mol. The SMILES string of the molecule is Cc1cnc(C(=O)OC2C(O)C(O)C(OCCCCCCCO)C(O)C2OC(C)c2c[nH]c3ccccc23)[nH]1. The third kappa shape index (κ3) is 6.86.